The highest BCUT2D eigenvalue weighted by atomic mass is 19.4. The van der Waals surface area contributed by atoms with Crippen molar-refractivity contribution in [1.82, 2.24) is 0 Å². The fraction of sp³-hybridized carbons (Fsp3) is 0.143. The summed E-state index contributed by atoms with van der Waals surface area (Å²) in [4.78, 5) is 0. The molecule has 1 nitrogen and oxygen atoms in total. The van der Waals surface area contributed by atoms with Gasteiger partial charge in [0.25, 0.3) is 0 Å². The number of benzene rings is 2. The average molecular weight is 270 g/mol. The zero-order valence-corrected chi connectivity index (χ0v) is 9.75. The maximum absolute atomic E-state index is 12.6. The molecule has 2 aromatic carbocycles. The molecule has 19 heavy (non-hydrogen) atoms. The lowest BCUT2D eigenvalue weighted by Gasteiger charge is -2.09. The summed E-state index contributed by atoms with van der Waals surface area (Å²) in [5.41, 5.74) is -0.0876. The second-order valence-corrected chi connectivity index (χ2v) is 3.94. The summed E-state index contributed by atoms with van der Waals surface area (Å²) in [7, 11) is 0. The van der Waals surface area contributed by atoms with E-state index in [1.165, 1.54) is 36.4 Å². The predicted octanol–water partition coefficient (Wildman–Crippen LogP) is 4.42. The zero-order chi connectivity index (χ0) is 13.9. The molecule has 2 rings (SSSR count). The van der Waals surface area contributed by atoms with E-state index in [-0.39, 0.29) is 12.4 Å². The third-order valence-corrected chi connectivity index (χ3v) is 2.50. The number of rotatable bonds is 3. The van der Waals surface area contributed by atoms with Crippen LogP contribution in [0.2, 0.25) is 0 Å². The Hall–Kier alpha value is -2.04. The summed E-state index contributed by atoms with van der Waals surface area (Å²) in [6, 6.07) is 10.1. The molecule has 0 atom stereocenters. The van der Waals surface area contributed by atoms with Crippen molar-refractivity contribution < 1.29 is 22.3 Å². The highest BCUT2D eigenvalue weighted by Crippen LogP contribution is 2.29. The lowest BCUT2D eigenvalue weighted by Crippen LogP contribution is -2.05. The molecule has 0 radical (unpaired) electrons. The molecule has 0 fully saturated rings. The number of halogens is 4. The summed E-state index contributed by atoms with van der Waals surface area (Å²) in [6.07, 6.45) is -4.34. The van der Waals surface area contributed by atoms with Crippen LogP contribution in [-0.2, 0) is 12.8 Å². The first-order chi connectivity index (χ1) is 8.95. The van der Waals surface area contributed by atoms with E-state index in [1.807, 2.05) is 0 Å². The number of hydrogen-bond donors (Lipinski definition) is 0. The van der Waals surface area contributed by atoms with Crippen LogP contribution in [0.1, 0.15) is 11.1 Å². The molecule has 0 aromatic heterocycles. The molecule has 0 bridgehead atoms. The van der Waals surface area contributed by atoms with Gasteiger partial charge in [0.05, 0.1) is 5.56 Å². The van der Waals surface area contributed by atoms with E-state index < -0.39 is 11.7 Å². The molecule has 0 aliphatic carbocycles. The maximum Gasteiger partial charge on any atom is 0.416 e. The third-order valence-electron chi connectivity index (χ3n) is 2.50. The Balaban J connectivity index is 1.98. The second kappa shape index (κ2) is 5.30. The number of ether oxygens (including phenoxy) is 1. The first kappa shape index (κ1) is 13.4. The summed E-state index contributed by atoms with van der Waals surface area (Å²) >= 11 is 0. The van der Waals surface area contributed by atoms with Crippen molar-refractivity contribution in [3.05, 3.63) is 65.5 Å². The van der Waals surface area contributed by atoms with Gasteiger partial charge >= 0.3 is 6.18 Å². The fourth-order valence-electron chi connectivity index (χ4n) is 1.49. The predicted molar refractivity (Wildman–Crippen MR) is 62.2 cm³/mol. The summed E-state index contributed by atoms with van der Waals surface area (Å²) in [5.74, 6) is 0.0863. The molecule has 0 saturated heterocycles. The van der Waals surface area contributed by atoms with Crippen LogP contribution in [0, 0.1) is 5.82 Å². The summed E-state index contributed by atoms with van der Waals surface area (Å²) < 4.78 is 55.0. The smallest absolute Gasteiger partial charge is 0.416 e. The minimum absolute atomic E-state index is 0.129. The molecule has 0 spiro atoms. The maximum atomic E-state index is 12.6. The van der Waals surface area contributed by atoms with Gasteiger partial charge in [-0.3, -0.25) is 0 Å². The Bertz CT molecular complexity index is 529. The van der Waals surface area contributed by atoms with Gasteiger partial charge in [-0.25, -0.2) is 4.39 Å². The zero-order valence-electron chi connectivity index (χ0n) is 9.75. The molecule has 100 valence electrons. The topological polar surface area (TPSA) is 9.23 Å². The van der Waals surface area contributed by atoms with E-state index in [9.17, 15) is 17.6 Å². The average Bonchev–Trinajstić information content (AvgIpc) is 2.37. The standard InChI is InChI=1S/C14H10F4O/c15-12-5-7-13(8-6-12)19-9-10-1-3-11(4-2-10)14(16,17)18/h1-8H,9H2. The highest BCUT2D eigenvalue weighted by Gasteiger charge is 2.29. The van der Waals surface area contributed by atoms with E-state index in [2.05, 4.69) is 0 Å². The minimum Gasteiger partial charge on any atom is -0.489 e. The molecular formula is C14H10F4O. The van der Waals surface area contributed by atoms with Gasteiger partial charge in [-0.1, -0.05) is 12.1 Å². The highest BCUT2D eigenvalue weighted by molar-refractivity contribution is 5.26. The van der Waals surface area contributed by atoms with Crippen LogP contribution in [0.3, 0.4) is 0 Å². The lowest BCUT2D eigenvalue weighted by molar-refractivity contribution is -0.137. The van der Waals surface area contributed by atoms with Crippen LogP contribution in [0.15, 0.2) is 48.5 Å². The number of hydrogen-bond acceptors (Lipinski definition) is 1. The van der Waals surface area contributed by atoms with Crippen LogP contribution in [0.4, 0.5) is 17.6 Å². The SMILES string of the molecule is Fc1ccc(OCc2ccc(C(F)(F)F)cc2)cc1. The molecule has 0 saturated carbocycles. The van der Waals surface area contributed by atoms with Crippen molar-refractivity contribution >= 4 is 0 Å². The van der Waals surface area contributed by atoms with Gasteiger partial charge in [-0.05, 0) is 42.0 Å². The molecular weight excluding hydrogens is 260 g/mol. The van der Waals surface area contributed by atoms with Gasteiger partial charge in [0, 0.05) is 0 Å². The Morgan fingerprint density at radius 2 is 1.42 bits per heavy atom. The van der Waals surface area contributed by atoms with E-state index in [4.69, 9.17) is 4.74 Å². The molecule has 0 N–H and O–H groups in total. The van der Waals surface area contributed by atoms with Gasteiger partial charge in [0.2, 0.25) is 0 Å². The number of alkyl halides is 3. The fourth-order valence-corrected chi connectivity index (χ4v) is 1.49. The van der Waals surface area contributed by atoms with Crippen LogP contribution < -0.4 is 4.74 Å². The van der Waals surface area contributed by atoms with Crippen LogP contribution in [0.25, 0.3) is 0 Å². The van der Waals surface area contributed by atoms with Crippen LogP contribution >= 0.6 is 0 Å². The van der Waals surface area contributed by atoms with Crippen molar-refractivity contribution in [1.29, 1.82) is 0 Å². The van der Waals surface area contributed by atoms with Gasteiger partial charge in [0.1, 0.15) is 18.2 Å². The molecule has 0 unspecified atom stereocenters. The Labute approximate surface area is 107 Å². The largest absolute Gasteiger partial charge is 0.489 e. The quantitative estimate of drug-likeness (QED) is 0.750. The Morgan fingerprint density at radius 3 is 1.95 bits per heavy atom. The van der Waals surface area contributed by atoms with Crippen molar-refractivity contribution in [2.75, 3.05) is 0 Å². The third kappa shape index (κ3) is 3.71. The van der Waals surface area contributed by atoms with E-state index in [0.29, 0.717) is 11.3 Å². The van der Waals surface area contributed by atoms with Gasteiger partial charge in [-0.15, -0.1) is 0 Å². The molecule has 0 aliphatic rings. The van der Waals surface area contributed by atoms with Crippen molar-refractivity contribution in [3.8, 4) is 5.75 Å². The molecule has 0 amide bonds. The Morgan fingerprint density at radius 1 is 0.842 bits per heavy atom. The summed E-state index contributed by atoms with van der Waals surface area (Å²) in [5, 5.41) is 0. The first-order valence-electron chi connectivity index (χ1n) is 5.50. The van der Waals surface area contributed by atoms with Crippen LogP contribution in [0.5, 0.6) is 5.75 Å². The van der Waals surface area contributed by atoms with Crippen molar-refractivity contribution in [3.63, 3.8) is 0 Å². The summed E-state index contributed by atoms with van der Waals surface area (Å²) in [6.45, 7) is 0.129. The molecule has 0 aliphatic heterocycles. The second-order valence-electron chi connectivity index (χ2n) is 3.94. The molecule has 0 heterocycles. The monoisotopic (exact) mass is 270 g/mol. The minimum atomic E-state index is -4.34. The normalized spacial score (nSPS) is 11.4. The van der Waals surface area contributed by atoms with Crippen LogP contribution in [-0.4, -0.2) is 0 Å². The first-order valence-corrected chi connectivity index (χ1v) is 5.50. The van der Waals surface area contributed by atoms with Gasteiger partial charge in [0.15, 0.2) is 0 Å². The van der Waals surface area contributed by atoms with E-state index in [1.54, 1.807) is 0 Å². The lowest BCUT2D eigenvalue weighted by atomic mass is 10.1. The Kier molecular flexibility index (Phi) is 3.74. The van der Waals surface area contributed by atoms with Crippen molar-refractivity contribution in [2.24, 2.45) is 0 Å². The molecule has 5 heteroatoms. The van der Waals surface area contributed by atoms with E-state index >= 15 is 0 Å². The van der Waals surface area contributed by atoms with Gasteiger partial charge < -0.3 is 4.74 Å². The van der Waals surface area contributed by atoms with Crippen molar-refractivity contribution in [2.45, 2.75) is 12.8 Å². The van der Waals surface area contributed by atoms with Gasteiger partial charge in [-0.2, -0.15) is 13.2 Å². The van der Waals surface area contributed by atoms with E-state index in [0.717, 1.165) is 12.1 Å². The molecule has 2 aromatic rings.